The van der Waals surface area contributed by atoms with Crippen LogP contribution >= 0.6 is 22.9 Å². The first kappa shape index (κ1) is 13.7. The van der Waals surface area contributed by atoms with Crippen molar-refractivity contribution in [2.75, 3.05) is 0 Å². The summed E-state index contributed by atoms with van der Waals surface area (Å²) in [6.07, 6.45) is 0. The summed E-state index contributed by atoms with van der Waals surface area (Å²) in [5.74, 6) is -0.901. The summed E-state index contributed by atoms with van der Waals surface area (Å²) in [6.45, 7) is 1.85. The molecule has 0 aliphatic rings. The summed E-state index contributed by atoms with van der Waals surface area (Å²) in [6, 6.07) is 7.39. The minimum Gasteiger partial charge on any atom is -0.504 e. The molecule has 0 bridgehead atoms. The summed E-state index contributed by atoms with van der Waals surface area (Å²) in [5.41, 5.74) is 0.282. The molecule has 0 aliphatic heterocycles. The topological polar surface area (TPSA) is 69.6 Å². The van der Waals surface area contributed by atoms with Gasteiger partial charge in [-0.15, -0.1) is 11.3 Å². The Morgan fingerprint density at radius 1 is 1.26 bits per heavy atom. The van der Waals surface area contributed by atoms with Crippen molar-refractivity contribution in [2.24, 2.45) is 0 Å². The maximum Gasteiger partial charge on any atom is 0.251 e. The van der Waals surface area contributed by atoms with Crippen molar-refractivity contribution in [3.63, 3.8) is 0 Å². The molecule has 19 heavy (non-hydrogen) atoms. The van der Waals surface area contributed by atoms with Crippen LogP contribution in [0.25, 0.3) is 0 Å². The summed E-state index contributed by atoms with van der Waals surface area (Å²) in [7, 11) is 0. The molecule has 1 atom stereocenters. The lowest BCUT2D eigenvalue weighted by molar-refractivity contribution is 0.0940. The Morgan fingerprint density at radius 3 is 2.58 bits per heavy atom. The van der Waals surface area contributed by atoms with Gasteiger partial charge in [0.05, 0.1) is 10.4 Å². The zero-order valence-electron chi connectivity index (χ0n) is 10.1. The van der Waals surface area contributed by atoms with Gasteiger partial charge in [-0.2, -0.15) is 0 Å². The number of thiophene rings is 1. The van der Waals surface area contributed by atoms with E-state index in [9.17, 15) is 15.0 Å². The molecule has 0 spiro atoms. The molecule has 1 amide bonds. The van der Waals surface area contributed by atoms with Gasteiger partial charge in [0, 0.05) is 10.4 Å². The van der Waals surface area contributed by atoms with Crippen molar-refractivity contribution < 1.29 is 15.0 Å². The van der Waals surface area contributed by atoms with Crippen molar-refractivity contribution in [1.29, 1.82) is 0 Å². The quantitative estimate of drug-likeness (QED) is 0.761. The standard InChI is InChI=1S/C13H12ClNO3S/c1-7(11-4-5-12(14)19-11)15-13(18)8-2-3-9(16)10(17)6-8/h2-7,16-17H,1H3,(H,15,18). The summed E-state index contributed by atoms with van der Waals surface area (Å²) in [5, 5.41) is 21.3. The molecule has 1 aromatic heterocycles. The molecule has 100 valence electrons. The van der Waals surface area contributed by atoms with E-state index in [1.807, 2.05) is 13.0 Å². The fourth-order valence-corrected chi connectivity index (χ4v) is 2.64. The first-order chi connectivity index (χ1) is 8.97. The number of benzene rings is 1. The van der Waals surface area contributed by atoms with E-state index in [1.54, 1.807) is 6.07 Å². The second kappa shape index (κ2) is 5.50. The van der Waals surface area contributed by atoms with E-state index in [-0.39, 0.29) is 29.0 Å². The third-order valence-corrected chi connectivity index (χ3v) is 4.02. The number of halogens is 1. The predicted octanol–water partition coefficient (Wildman–Crippen LogP) is 3.30. The van der Waals surface area contributed by atoms with Gasteiger partial charge in [-0.1, -0.05) is 11.6 Å². The molecule has 0 saturated carbocycles. The lowest BCUT2D eigenvalue weighted by Gasteiger charge is -2.12. The molecule has 3 N–H and O–H groups in total. The molecule has 1 aromatic carbocycles. The zero-order valence-corrected chi connectivity index (χ0v) is 11.6. The van der Waals surface area contributed by atoms with E-state index in [2.05, 4.69) is 5.32 Å². The van der Waals surface area contributed by atoms with Gasteiger partial charge >= 0.3 is 0 Å². The average molecular weight is 298 g/mol. The minimum absolute atomic E-state index is 0.180. The van der Waals surface area contributed by atoms with E-state index in [1.165, 1.54) is 29.5 Å². The van der Waals surface area contributed by atoms with E-state index in [0.717, 1.165) is 4.88 Å². The number of carbonyl (C=O) groups excluding carboxylic acids is 1. The molecule has 0 fully saturated rings. The molecule has 4 nitrogen and oxygen atoms in total. The van der Waals surface area contributed by atoms with Gasteiger partial charge in [-0.3, -0.25) is 4.79 Å². The van der Waals surface area contributed by atoms with Crippen LogP contribution in [0.15, 0.2) is 30.3 Å². The Bertz CT molecular complexity index is 612. The second-order valence-electron chi connectivity index (χ2n) is 4.04. The lowest BCUT2D eigenvalue weighted by Crippen LogP contribution is -2.25. The molecule has 1 unspecified atom stereocenters. The van der Waals surface area contributed by atoms with Crippen molar-refractivity contribution in [2.45, 2.75) is 13.0 Å². The van der Waals surface area contributed by atoms with E-state index in [0.29, 0.717) is 4.34 Å². The van der Waals surface area contributed by atoms with Gasteiger partial charge in [-0.25, -0.2) is 0 Å². The largest absolute Gasteiger partial charge is 0.504 e. The highest BCUT2D eigenvalue weighted by molar-refractivity contribution is 7.16. The highest BCUT2D eigenvalue weighted by Gasteiger charge is 2.14. The normalized spacial score (nSPS) is 12.1. The first-order valence-electron chi connectivity index (χ1n) is 5.55. The molecule has 0 aliphatic carbocycles. The van der Waals surface area contributed by atoms with E-state index in [4.69, 9.17) is 11.6 Å². The number of nitrogens with one attached hydrogen (secondary N) is 1. The fourth-order valence-electron chi connectivity index (χ4n) is 1.58. The Kier molecular flexibility index (Phi) is 3.97. The van der Waals surface area contributed by atoms with Crippen LogP contribution in [0.5, 0.6) is 11.5 Å². The molecule has 6 heteroatoms. The molecular weight excluding hydrogens is 286 g/mol. The van der Waals surface area contributed by atoms with Crippen LogP contribution in [0.2, 0.25) is 4.34 Å². The van der Waals surface area contributed by atoms with Crippen molar-refractivity contribution in [3.8, 4) is 11.5 Å². The number of aromatic hydroxyl groups is 2. The highest BCUT2D eigenvalue weighted by Crippen LogP contribution is 2.28. The maximum atomic E-state index is 12.0. The number of hydrogen-bond donors (Lipinski definition) is 3. The number of phenols is 2. The monoisotopic (exact) mass is 297 g/mol. The van der Waals surface area contributed by atoms with E-state index >= 15 is 0 Å². The van der Waals surface area contributed by atoms with Crippen LogP contribution < -0.4 is 5.32 Å². The van der Waals surface area contributed by atoms with Crippen LogP contribution in [-0.4, -0.2) is 16.1 Å². The highest BCUT2D eigenvalue weighted by atomic mass is 35.5. The van der Waals surface area contributed by atoms with Crippen LogP contribution in [0.4, 0.5) is 0 Å². The first-order valence-corrected chi connectivity index (χ1v) is 6.75. The molecule has 0 saturated heterocycles. The van der Waals surface area contributed by atoms with Gasteiger partial charge in [0.1, 0.15) is 0 Å². The third kappa shape index (κ3) is 3.19. The number of phenolic OH excluding ortho intramolecular Hbond substituents is 2. The van der Waals surface area contributed by atoms with Crippen LogP contribution in [0, 0.1) is 0 Å². The fraction of sp³-hybridized carbons (Fsp3) is 0.154. The van der Waals surface area contributed by atoms with Crippen LogP contribution in [0.3, 0.4) is 0 Å². The number of rotatable bonds is 3. The summed E-state index contributed by atoms with van der Waals surface area (Å²) >= 11 is 7.24. The second-order valence-corrected chi connectivity index (χ2v) is 5.79. The van der Waals surface area contributed by atoms with Crippen molar-refractivity contribution in [3.05, 3.63) is 45.1 Å². The molecule has 2 aromatic rings. The van der Waals surface area contributed by atoms with Crippen LogP contribution in [0.1, 0.15) is 28.2 Å². The van der Waals surface area contributed by atoms with Gasteiger partial charge < -0.3 is 15.5 Å². The summed E-state index contributed by atoms with van der Waals surface area (Å²) < 4.78 is 0.665. The van der Waals surface area contributed by atoms with Crippen LogP contribution in [-0.2, 0) is 0 Å². The van der Waals surface area contributed by atoms with Gasteiger partial charge in [-0.05, 0) is 37.3 Å². The lowest BCUT2D eigenvalue weighted by atomic mass is 10.1. The number of hydrogen-bond acceptors (Lipinski definition) is 4. The average Bonchev–Trinajstić information content (AvgIpc) is 2.79. The summed E-state index contributed by atoms with van der Waals surface area (Å²) in [4.78, 5) is 12.9. The number of amides is 1. The Labute approximate surface area is 119 Å². The number of carbonyl (C=O) groups is 1. The minimum atomic E-state index is -0.327. The molecular formula is C13H12ClNO3S. The zero-order chi connectivity index (χ0) is 14.0. The Hall–Kier alpha value is -1.72. The molecule has 0 radical (unpaired) electrons. The Morgan fingerprint density at radius 2 is 2.00 bits per heavy atom. The molecule has 2 rings (SSSR count). The Balaban J connectivity index is 2.10. The van der Waals surface area contributed by atoms with Gasteiger partial charge in [0.25, 0.3) is 5.91 Å². The van der Waals surface area contributed by atoms with Crippen molar-refractivity contribution >= 4 is 28.8 Å². The molecule has 1 heterocycles. The van der Waals surface area contributed by atoms with Gasteiger partial charge in [0.15, 0.2) is 11.5 Å². The SMILES string of the molecule is CC(NC(=O)c1ccc(O)c(O)c1)c1ccc(Cl)s1. The third-order valence-electron chi connectivity index (χ3n) is 2.61. The van der Waals surface area contributed by atoms with E-state index < -0.39 is 0 Å². The van der Waals surface area contributed by atoms with Gasteiger partial charge in [0.2, 0.25) is 0 Å². The predicted molar refractivity (Wildman–Crippen MR) is 75.0 cm³/mol. The smallest absolute Gasteiger partial charge is 0.251 e. The van der Waals surface area contributed by atoms with Crippen molar-refractivity contribution in [1.82, 2.24) is 5.32 Å². The maximum absolute atomic E-state index is 12.0.